The first-order valence-electron chi connectivity index (χ1n) is 10.8. The smallest absolute Gasteiger partial charge is 0.196 e. The molecule has 32 heavy (non-hydrogen) atoms. The van der Waals surface area contributed by atoms with Crippen LogP contribution in [0.5, 0.6) is 0 Å². The average molecular weight is 450 g/mol. The first-order chi connectivity index (χ1) is 15.7. The number of aromatic amines is 1. The van der Waals surface area contributed by atoms with E-state index in [0.717, 1.165) is 35.5 Å². The van der Waals surface area contributed by atoms with Gasteiger partial charge in [-0.15, -0.1) is 10.2 Å². The van der Waals surface area contributed by atoms with Crippen LogP contribution in [0.25, 0.3) is 16.6 Å². The van der Waals surface area contributed by atoms with Gasteiger partial charge >= 0.3 is 0 Å². The molecule has 0 aliphatic carbocycles. The number of benzene rings is 2. The summed E-state index contributed by atoms with van der Waals surface area (Å²) in [5.41, 5.74) is 2.42. The zero-order valence-corrected chi connectivity index (χ0v) is 18.4. The van der Waals surface area contributed by atoms with E-state index < -0.39 is 0 Å². The number of fused-ring (bicyclic) bond motifs is 1. The van der Waals surface area contributed by atoms with E-state index in [2.05, 4.69) is 20.1 Å². The molecule has 0 atom stereocenters. The molecule has 5 rings (SSSR count). The van der Waals surface area contributed by atoms with Crippen LogP contribution in [0.4, 0.5) is 4.39 Å². The minimum Gasteiger partial charge on any atom is -0.360 e. The molecular weight excluding hydrogens is 425 g/mol. The number of carbonyl (C=O) groups is 1. The third-order valence-corrected chi connectivity index (χ3v) is 6.75. The van der Waals surface area contributed by atoms with Crippen molar-refractivity contribution in [2.24, 2.45) is 0 Å². The molecule has 1 aliphatic heterocycles. The molecule has 8 heteroatoms. The Kier molecular flexibility index (Phi) is 6.05. The fourth-order valence-corrected chi connectivity index (χ4v) is 5.03. The van der Waals surface area contributed by atoms with Gasteiger partial charge in [-0.2, -0.15) is 0 Å². The highest BCUT2D eigenvalue weighted by Crippen LogP contribution is 2.26. The molecule has 3 heterocycles. The van der Waals surface area contributed by atoms with E-state index >= 15 is 0 Å². The molecule has 1 N–H and O–H groups in total. The Morgan fingerprint density at radius 2 is 1.81 bits per heavy atom. The molecule has 1 saturated heterocycles. The van der Waals surface area contributed by atoms with Crippen molar-refractivity contribution in [2.45, 2.75) is 31.0 Å². The van der Waals surface area contributed by atoms with Gasteiger partial charge in [0.15, 0.2) is 16.8 Å². The number of thioether (sulfide) groups is 1. The predicted molar refractivity (Wildman–Crippen MR) is 124 cm³/mol. The van der Waals surface area contributed by atoms with Crippen LogP contribution >= 0.6 is 11.8 Å². The van der Waals surface area contributed by atoms with Gasteiger partial charge in [0, 0.05) is 28.4 Å². The Morgan fingerprint density at radius 1 is 1.03 bits per heavy atom. The minimum atomic E-state index is -0.289. The van der Waals surface area contributed by atoms with Crippen molar-refractivity contribution in [1.82, 2.24) is 24.6 Å². The minimum absolute atomic E-state index is 0.0266. The molecule has 0 spiro atoms. The number of carbonyl (C=O) groups excluding carboxylic acids is 1. The van der Waals surface area contributed by atoms with E-state index in [-0.39, 0.29) is 17.4 Å². The summed E-state index contributed by atoms with van der Waals surface area (Å²) in [5.74, 6) is 0.785. The van der Waals surface area contributed by atoms with Gasteiger partial charge in [-0.3, -0.25) is 14.3 Å². The number of nitrogens with zero attached hydrogens (tertiary/aromatic N) is 4. The summed E-state index contributed by atoms with van der Waals surface area (Å²) < 4.78 is 15.5. The highest BCUT2D eigenvalue weighted by Gasteiger charge is 2.20. The second-order valence-corrected chi connectivity index (χ2v) is 8.95. The molecular formula is C24H24FN5OS. The molecule has 1 aliphatic rings. The molecule has 1 fully saturated rings. The maximum absolute atomic E-state index is 13.5. The number of rotatable bonds is 7. The number of likely N-dealkylation sites (tertiary alicyclic amines) is 1. The van der Waals surface area contributed by atoms with E-state index in [1.807, 2.05) is 28.8 Å². The normalized spacial score (nSPS) is 14.8. The van der Waals surface area contributed by atoms with Crippen LogP contribution in [0.15, 0.2) is 59.9 Å². The zero-order chi connectivity index (χ0) is 21.9. The number of hydrogen-bond acceptors (Lipinski definition) is 5. The van der Waals surface area contributed by atoms with E-state index in [1.54, 1.807) is 18.3 Å². The Balaban J connectivity index is 1.40. The van der Waals surface area contributed by atoms with Crippen molar-refractivity contribution in [2.75, 3.05) is 18.8 Å². The summed E-state index contributed by atoms with van der Waals surface area (Å²) in [6.45, 7) is 2.76. The van der Waals surface area contributed by atoms with Crippen molar-refractivity contribution < 1.29 is 9.18 Å². The summed E-state index contributed by atoms with van der Waals surface area (Å²) >= 11 is 1.36. The number of Topliss-reactive ketones (excluding diaryl/α,β-unsaturated/α-hetero) is 1. The van der Waals surface area contributed by atoms with Gasteiger partial charge in [0.25, 0.3) is 0 Å². The van der Waals surface area contributed by atoms with E-state index in [4.69, 9.17) is 0 Å². The van der Waals surface area contributed by atoms with Gasteiger partial charge in [0.2, 0.25) is 0 Å². The SMILES string of the molecule is O=C(CSc1nnc(CN2CCCCC2)n1-c1ccc(F)cc1)c1c[nH]c2ccccc12. The zero-order valence-electron chi connectivity index (χ0n) is 17.6. The molecule has 0 unspecified atom stereocenters. The largest absolute Gasteiger partial charge is 0.360 e. The van der Waals surface area contributed by atoms with Crippen molar-refractivity contribution in [3.05, 3.63) is 71.9 Å². The Morgan fingerprint density at radius 3 is 2.62 bits per heavy atom. The van der Waals surface area contributed by atoms with Crippen LogP contribution in [0.2, 0.25) is 0 Å². The summed E-state index contributed by atoms with van der Waals surface area (Å²) in [5, 5.41) is 10.4. The predicted octanol–water partition coefficient (Wildman–Crippen LogP) is 4.85. The van der Waals surface area contributed by atoms with Crippen LogP contribution in [0.1, 0.15) is 35.4 Å². The monoisotopic (exact) mass is 449 g/mol. The fourth-order valence-electron chi connectivity index (χ4n) is 4.17. The Hall–Kier alpha value is -2.97. The molecule has 0 bridgehead atoms. The van der Waals surface area contributed by atoms with Gasteiger partial charge in [-0.25, -0.2) is 4.39 Å². The highest BCUT2D eigenvalue weighted by atomic mass is 32.2. The third-order valence-electron chi connectivity index (χ3n) is 5.82. The number of hydrogen-bond donors (Lipinski definition) is 1. The van der Waals surface area contributed by atoms with E-state index in [1.165, 1.54) is 43.2 Å². The molecule has 2 aromatic carbocycles. The lowest BCUT2D eigenvalue weighted by molar-refractivity contribution is 0.102. The lowest BCUT2D eigenvalue weighted by Crippen LogP contribution is -2.30. The maximum Gasteiger partial charge on any atom is 0.196 e. The summed E-state index contributed by atoms with van der Waals surface area (Å²) in [4.78, 5) is 18.5. The number of piperidine rings is 1. The number of halogens is 1. The lowest BCUT2D eigenvalue weighted by atomic mass is 10.1. The average Bonchev–Trinajstić information content (AvgIpc) is 3.43. The van der Waals surface area contributed by atoms with Gasteiger partial charge in [-0.1, -0.05) is 36.4 Å². The van der Waals surface area contributed by atoms with Crippen LogP contribution in [0.3, 0.4) is 0 Å². The molecule has 0 amide bonds. The topological polar surface area (TPSA) is 66.8 Å². The standard InChI is InChI=1S/C24H24FN5OS/c25-17-8-10-18(11-9-17)30-23(15-29-12-4-1-5-13-29)27-28-24(30)32-16-22(31)20-14-26-21-7-3-2-6-19(20)21/h2-3,6-11,14,26H,1,4-5,12-13,15-16H2. The third kappa shape index (κ3) is 4.33. The van der Waals surface area contributed by atoms with Gasteiger partial charge in [0.1, 0.15) is 5.82 Å². The summed E-state index contributed by atoms with van der Waals surface area (Å²) in [7, 11) is 0. The molecule has 6 nitrogen and oxygen atoms in total. The van der Waals surface area contributed by atoms with Crippen LogP contribution in [-0.4, -0.2) is 49.3 Å². The molecule has 0 radical (unpaired) electrons. The Labute approximate surface area is 189 Å². The molecule has 0 saturated carbocycles. The summed E-state index contributed by atoms with van der Waals surface area (Å²) in [6.07, 6.45) is 5.40. The van der Waals surface area contributed by atoms with Gasteiger partial charge < -0.3 is 4.98 Å². The molecule has 164 valence electrons. The van der Waals surface area contributed by atoms with Crippen LogP contribution in [-0.2, 0) is 6.54 Å². The second kappa shape index (κ2) is 9.26. The first kappa shape index (κ1) is 20.9. The number of aromatic nitrogens is 4. The van der Waals surface area contributed by atoms with E-state index in [9.17, 15) is 9.18 Å². The molecule has 4 aromatic rings. The number of para-hydroxylation sites is 1. The summed E-state index contributed by atoms with van der Waals surface area (Å²) in [6, 6.07) is 14.1. The lowest BCUT2D eigenvalue weighted by Gasteiger charge is -2.26. The van der Waals surface area contributed by atoms with Crippen LogP contribution < -0.4 is 0 Å². The quantitative estimate of drug-likeness (QED) is 0.323. The molecule has 2 aromatic heterocycles. The fraction of sp³-hybridized carbons (Fsp3) is 0.292. The van der Waals surface area contributed by atoms with Crippen molar-refractivity contribution in [3.63, 3.8) is 0 Å². The maximum atomic E-state index is 13.5. The number of nitrogens with one attached hydrogen (secondary N) is 1. The highest BCUT2D eigenvalue weighted by molar-refractivity contribution is 7.99. The number of ketones is 1. The van der Waals surface area contributed by atoms with E-state index in [0.29, 0.717) is 17.3 Å². The second-order valence-electron chi connectivity index (χ2n) is 8.01. The van der Waals surface area contributed by atoms with Gasteiger partial charge in [0.05, 0.1) is 12.3 Å². The Bertz CT molecular complexity index is 1230. The van der Waals surface area contributed by atoms with Crippen molar-refractivity contribution in [1.29, 1.82) is 0 Å². The first-order valence-corrected chi connectivity index (χ1v) is 11.8. The van der Waals surface area contributed by atoms with Gasteiger partial charge in [-0.05, 0) is 56.3 Å². The number of H-pyrrole nitrogens is 1. The van der Waals surface area contributed by atoms with Crippen molar-refractivity contribution >= 4 is 28.4 Å². The van der Waals surface area contributed by atoms with Crippen LogP contribution in [0, 0.1) is 5.82 Å². The van der Waals surface area contributed by atoms with Crippen molar-refractivity contribution in [3.8, 4) is 5.69 Å².